The van der Waals surface area contributed by atoms with Crippen molar-refractivity contribution >= 4 is 23.4 Å². The van der Waals surface area contributed by atoms with Crippen molar-refractivity contribution in [2.24, 2.45) is 5.84 Å². The maximum atomic E-state index is 13.5. The Morgan fingerprint density at radius 3 is 3.00 bits per heavy atom. The van der Waals surface area contributed by atoms with Crippen LogP contribution in [0.5, 0.6) is 0 Å². The Morgan fingerprint density at radius 1 is 1.47 bits per heavy atom. The van der Waals surface area contributed by atoms with Gasteiger partial charge in [0.1, 0.15) is 5.82 Å². The summed E-state index contributed by atoms with van der Waals surface area (Å²) in [4.78, 5) is 12.0. The van der Waals surface area contributed by atoms with Crippen molar-refractivity contribution in [3.05, 3.63) is 29.6 Å². The molecule has 1 aromatic carbocycles. The number of nitrogens with one attached hydrogen (secondary N) is 2. The van der Waals surface area contributed by atoms with Crippen LogP contribution in [0.15, 0.2) is 18.2 Å². The van der Waals surface area contributed by atoms with Crippen LogP contribution in [0, 0.1) is 5.82 Å². The van der Waals surface area contributed by atoms with Crippen molar-refractivity contribution in [1.82, 2.24) is 5.32 Å². The normalized spacial score (nSPS) is 18.9. The summed E-state index contributed by atoms with van der Waals surface area (Å²) in [6.45, 7) is 0.615. The summed E-state index contributed by atoms with van der Waals surface area (Å²) < 4.78 is 13.5. The summed E-state index contributed by atoms with van der Waals surface area (Å²) in [6.07, 6.45) is 3.58. The summed E-state index contributed by atoms with van der Waals surface area (Å²) >= 11 is 1.88. The molecular formula is C13H18FN3OS. The number of para-hydroxylation sites is 1. The van der Waals surface area contributed by atoms with Gasteiger partial charge >= 0.3 is 0 Å². The van der Waals surface area contributed by atoms with Gasteiger partial charge in [0.15, 0.2) is 0 Å². The zero-order chi connectivity index (χ0) is 13.7. The summed E-state index contributed by atoms with van der Waals surface area (Å²) in [5.74, 6) is 5.58. The maximum Gasteiger partial charge on any atom is 0.253 e. The summed E-state index contributed by atoms with van der Waals surface area (Å²) in [7, 11) is 0. The predicted molar refractivity (Wildman–Crippen MR) is 76.6 cm³/mol. The Kier molecular flexibility index (Phi) is 5.04. The van der Waals surface area contributed by atoms with Crippen molar-refractivity contribution in [3.8, 4) is 0 Å². The van der Waals surface area contributed by atoms with Crippen LogP contribution in [0.25, 0.3) is 0 Å². The number of benzene rings is 1. The third-order valence-corrected chi connectivity index (χ3v) is 4.57. The molecule has 2 rings (SSSR count). The Hall–Kier alpha value is -1.27. The van der Waals surface area contributed by atoms with Crippen LogP contribution in [0.1, 0.15) is 29.6 Å². The first kappa shape index (κ1) is 14.1. The zero-order valence-corrected chi connectivity index (χ0v) is 11.4. The van der Waals surface area contributed by atoms with Gasteiger partial charge in [-0.2, -0.15) is 11.8 Å². The van der Waals surface area contributed by atoms with Crippen LogP contribution in [-0.4, -0.2) is 23.5 Å². The van der Waals surface area contributed by atoms with E-state index in [1.807, 2.05) is 11.8 Å². The second-order valence-corrected chi connectivity index (χ2v) is 5.91. The van der Waals surface area contributed by atoms with E-state index in [-0.39, 0.29) is 17.2 Å². The molecule has 104 valence electrons. The summed E-state index contributed by atoms with van der Waals surface area (Å²) in [5, 5.41) is 3.31. The number of amides is 1. The van der Waals surface area contributed by atoms with Crippen molar-refractivity contribution < 1.29 is 9.18 Å². The van der Waals surface area contributed by atoms with Crippen LogP contribution in [0.2, 0.25) is 0 Å². The largest absolute Gasteiger partial charge is 0.351 e. The second-order valence-electron chi connectivity index (χ2n) is 4.51. The zero-order valence-electron chi connectivity index (χ0n) is 10.6. The molecule has 0 saturated carbocycles. The number of rotatable bonds is 4. The molecule has 0 aromatic heterocycles. The van der Waals surface area contributed by atoms with E-state index in [0.29, 0.717) is 11.8 Å². The lowest BCUT2D eigenvalue weighted by molar-refractivity contribution is 0.0954. The van der Waals surface area contributed by atoms with Gasteiger partial charge in [-0.25, -0.2) is 4.39 Å². The predicted octanol–water partition coefficient (Wildman–Crippen LogP) is 2.13. The van der Waals surface area contributed by atoms with E-state index in [1.54, 1.807) is 6.07 Å². The summed E-state index contributed by atoms with van der Waals surface area (Å²) in [6, 6.07) is 4.32. The molecule has 1 amide bonds. The van der Waals surface area contributed by atoms with Gasteiger partial charge in [0, 0.05) is 11.8 Å². The van der Waals surface area contributed by atoms with Crippen LogP contribution in [0.4, 0.5) is 10.1 Å². The first-order chi connectivity index (χ1) is 9.22. The molecule has 0 spiro atoms. The van der Waals surface area contributed by atoms with E-state index < -0.39 is 5.82 Å². The molecule has 0 aliphatic carbocycles. The Morgan fingerprint density at radius 2 is 2.32 bits per heavy atom. The van der Waals surface area contributed by atoms with E-state index in [9.17, 15) is 9.18 Å². The van der Waals surface area contributed by atoms with Crippen molar-refractivity contribution in [1.29, 1.82) is 0 Å². The lowest BCUT2D eigenvalue weighted by Gasteiger charge is -2.21. The number of carbonyl (C=O) groups is 1. The van der Waals surface area contributed by atoms with Gasteiger partial charge < -0.3 is 10.7 Å². The van der Waals surface area contributed by atoms with Crippen LogP contribution in [-0.2, 0) is 0 Å². The van der Waals surface area contributed by atoms with Gasteiger partial charge in [0.25, 0.3) is 5.91 Å². The van der Waals surface area contributed by atoms with Crippen molar-refractivity contribution in [3.63, 3.8) is 0 Å². The number of anilines is 1. The van der Waals surface area contributed by atoms with Gasteiger partial charge in [-0.15, -0.1) is 0 Å². The molecule has 1 heterocycles. The first-order valence-electron chi connectivity index (χ1n) is 6.37. The van der Waals surface area contributed by atoms with Gasteiger partial charge in [-0.3, -0.25) is 10.6 Å². The molecule has 1 saturated heterocycles. The van der Waals surface area contributed by atoms with Gasteiger partial charge in [0.2, 0.25) is 0 Å². The van der Waals surface area contributed by atoms with Gasteiger partial charge in [-0.05, 0) is 30.7 Å². The number of hydrogen-bond donors (Lipinski definition) is 3. The van der Waals surface area contributed by atoms with Crippen molar-refractivity contribution in [2.45, 2.75) is 24.5 Å². The van der Waals surface area contributed by atoms with E-state index in [2.05, 4.69) is 10.7 Å². The average Bonchev–Trinajstić information content (AvgIpc) is 2.45. The van der Waals surface area contributed by atoms with Crippen LogP contribution < -0.4 is 16.6 Å². The van der Waals surface area contributed by atoms with Crippen LogP contribution >= 0.6 is 11.8 Å². The third-order valence-electron chi connectivity index (χ3n) is 3.17. The molecule has 4 nitrogen and oxygen atoms in total. The topological polar surface area (TPSA) is 67.1 Å². The number of nitrogen functional groups attached to an aromatic ring is 1. The molecule has 0 bridgehead atoms. The minimum atomic E-state index is -0.526. The molecule has 1 atom stereocenters. The fourth-order valence-electron chi connectivity index (χ4n) is 2.13. The monoisotopic (exact) mass is 283 g/mol. The highest BCUT2D eigenvalue weighted by molar-refractivity contribution is 7.99. The minimum absolute atomic E-state index is 0.0382. The Bertz CT molecular complexity index is 450. The molecule has 6 heteroatoms. The fourth-order valence-corrected chi connectivity index (χ4v) is 3.37. The molecule has 1 aliphatic rings. The lowest BCUT2D eigenvalue weighted by atomic mass is 10.1. The van der Waals surface area contributed by atoms with Gasteiger partial charge in [-0.1, -0.05) is 12.5 Å². The van der Waals surface area contributed by atoms with E-state index in [4.69, 9.17) is 5.84 Å². The quantitative estimate of drug-likeness (QED) is 0.585. The molecule has 1 aliphatic heterocycles. The Balaban J connectivity index is 1.97. The molecule has 1 unspecified atom stereocenters. The van der Waals surface area contributed by atoms with E-state index in [0.717, 1.165) is 12.2 Å². The average molecular weight is 283 g/mol. The van der Waals surface area contributed by atoms with Crippen LogP contribution in [0.3, 0.4) is 0 Å². The standard InChI is InChI=1S/C13H18FN3OS/c14-11-6-3-5-10(12(11)17-15)13(18)16-8-9-4-1-2-7-19-9/h3,5-6,9,17H,1-2,4,7-8,15H2,(H,16,18). The summed E-state index contributed by atoms with van der Waals surface area (Å²) in [5.41, 5.74) is 2.52. The maximum absolute atomic E-state index is 13.5. The molecule has 4 N–H and O–H groups in total. The number of hydrogen-bond acceptors (Lipinski definition) is 4. The second kappa shape index (κ2) is 6.77. The highest BCUT2D eigenvalue weighted by Gasteiger charge is 2.18. The lowest BCUT2D eigenvalue weighted by Crippen LogP contribution is -2.32. The number of halogens is 1. The minimum Gasteiger partial charge on any atom is -0.351 e. The number of nitrogens with two attached hydrogens (primary N) is 1. The number of thioether (sulfide) groups is 1. The molecule has 1 aromatic rings. The SMILES string of the molecule is NNc1c(F)cccc1C(=O)NCC1CCCCS1. The molecule has 1 fully saturated rings. The van der Waals surface area contributed by atoms with E-state index in [1.165, 1.54) is 25.0 Å². The number of hydrazine groups is 1. The number of carbonyl (C=O) groups excluding carboxylic acids is 1. The first-order valence-corrected chi connectivity index (χ1v) is 7.42. The fraction of sp³-hybridized carbons (Fsp3) is 0.462. The smallest absolute Gasteiger partial charge is 0.253 e. The third kappa shape index (κ3) is 3.61. The van der Waals surface area contributed by atoms with Crippen molar-refractivity contribution in [2.75, 3.05) is 17.7 Å². The van der Waals surface area contributed by atoms with Gasteiger partial charge in [0.05, 0.1) is 11.3 Å². The highest BCUT2D eigenvalue weighted by atomic mass is 32.2. The van der Waals surface area contributed by atoms with E-state index >= 15 is 0 Å². The highest BCUT2D eigenvalue weighted by Crippen LogP contribution is 2.24. The Labute approximate surface area is 116 Å². The molecular weight excluding hydrogens is 265 g/mol. The molecule has 0 radical (unpaired) electrons. The molecule has 19 heavy (non-hydrogen) atoms.